The third-order valence-corrected chi connectivity index (χ3v) is 20.5. The van der Waals surface area contributed by atoms with Gasteiger partial charge in [-0.05, 0) is 206 Å². The molecule has 582 valence electrons. The first-order chi connectivity index (χ1) is 48.7. The van der Waals surface area contributed by atoms with Gasteiger partial charge in [-0.15, -0.1) is 0 Å². The second kappa shape index (κ2) is 79.4. The Morgan fingerprint density at radius 1 is 0.293 bits per heavy atom. The molecule has 0 rings (SSSR count). The Kier molecular flexibility index (Phi) is 77.2. The average Bonchev–Trinajstić information content (AvgIpc) is 1.11. The van der Waals surface area contributed by atoms with E-state index in [0.29, 0.717) is 19.4 Å². The summed E-state index contributed by atoms with van der Waals surface area (Å²) in [6, 6.07) is -0.378. The van der Waals surface area contributed by atoms with E-state index in [-0.39, 0.29) is 48.9 Å². The summed E-state index contributed by atoms with van der Waals surface area (Å²) < 4.78 is 18.9. The van der Waals surface area contributed by atoms with E-state index in [1.807, 2.05) is 11.9 Å². The molecule has 0 aromatic rings. The molecule has 0 aliphatic heterocycles. The molecule has 3 unspecified atom stereocenters. The van der Waals surface area contributed by atoms with Crippen LogP contribution in [0.3, 0.4) is 0 Å². The highest BCUT2D eigenvalue weighted by Crippen LogP contribution is 2.24. The molecule has 0 aliphatic rings. The number of unbranched alkanes of at least 4 members (excludes halogenated alkanes) is 41. The Balaban J connectivity index is 5.82. The topological polar surface area (TPSA) is 106 Å². The van der Waals surface area contributed by atoms with Gasteiger partial charge in [0.15, 0.2) is 0 Å². The van der Waals surface area contributed by atoms with Crippen LogP contribution in [-0.2, 0) is 28.6 Å². The summed E-state index contributed by atoms with van der Waals surface area (Å²) in [6.07, 6.45) is 90.6. The Morgan fingerprint density at radius 3 is 0.889 bits per heavy atom. The van der Waals surface area contributed by atoms with Crippen LogP contribution in [0.25, 0.3) is 0 Å². The van der Waals surface area contributed by atoms with Gasteiger partial charge >= 0.3 is 17.9 Å². The highest BCUT2D eigenvalue weighted by molar-refractivity contribution is 5.76. The van der Waals surface area contributed by atoms with Gasteiger partial charge in [0.2, 0.25) is 0 Å². The molecule has 99 heavy (non-hydrogen) atoms. The minimum atomic E-state index is -0.378. The molecule has 0 amide bonds. The van der Waals surface area contributed by atoms with Crippen molar-refractivity contribution in [2.45, 2.75) is 470 Å². The molecule has 0 fully saturated rings. The number of carbonyl (C=O) groups excluding carboxylic acids is 3. The van der Waals surface area contributed by atoms with Crippen molar-refractivity contribution in [3.05, 3.63) is 48.6 Å². The molecule has 0 saturated heterocycles. The monoisotopic (exact) mass is 1390 g/mol. The predicted molar refractivity (Wildman–Crippen MR) is 431 cm³/mol. The van der Waals surface area contributed by atoms with E-state index < -0.39 is 0 Å². The van der Waals surface area contributed by atoms with Crippen molar-refractivity contribution >= 4 is 17.9 Å². The zero-order valence-electron chi connectivity index (χ0n) is 67.3. The zero-order chi connectivity index (χ0) is 72.1. The second-order valence-electron chi connectivity index (χ2n) is 30.2. The van der Waals surface area contributed by atoms with Crippen LogP contribution in [-0.4, -0.2) is 97.0 Å². The lowest BCUT2D eigenvalue weighted by Gasteiger charge is -2.29. The van der Waals surface area contributed by atoms with Gasteiger partial charge in [0.05, 0.1) is 6.61 Å². The summed E-state index contributed by atoms with van der Waals surface area (Å²) in [5.74, 6) is -0.121. The second-order valence-corrected chi connectivity index (χ2v) is 30.2. The number of ether oxygens (including phenoxy) is 3. The molecule has 0 aromatic heterocycles. The van der Waals surface area contributed by atoms with Crippen LogP contribution in [0.2, 0.25) is 0 Å². The molecular formula is C90H170N2O7. The van der Waals surface area contributed by atoms with Crippen molar-refractivity contribution in [2.75, 3.05) is 39.8 Å². The normalized spacial score (nSPS) is 13.1. The quantitative estimate of drug-likeness (QED) is 0.0276. The smallest absolute Gasteiger partial charge is 0.323 e. The van der Waals surface area contributed by atoms with Gasteiger partial charge in [0.25, 0.3) is 0 Å². The third-order valence-electron chi connectivity index (χ3n) is 20.5. The molecule has 0 aliphatic carbocycles. The van der Waals surface area contributed by atoms with Crippen molar-refractivity contribution in [1.82, 2.24) is 9.80 Å². The van der Waals surface area contributed by atoms with Crippen LogP contribution in [0.15, 0.2) is 48.6 Å². The first-order valence-electron chi connectivity index (χ1n) is 43.9. The van der Waals surface area contributed by atoms with Crippen molar-refractivity contribution in [3.63, 3.8) is 0 Å². The minimum Gasteiger partial charge on any atom is -0.462 e. The van der Waals surface area contributed by atoms with Crippen molar-refractivity contribution < 1.29 is 33.7 Å². The molecule has 0 heterocycles. The lowest BCUT2D eigenvalue weighted by molar-refractivity contribution is -0.156. The number of rotatable bonds is 80. The summed E-state index contributed by atoms with van der Waals surface area (Å²) in [7, 11) is 1.99. The Bertz CT molecular complexity index is 1690. The molecular weight excluding hydrogens is 1220 g/mol. The molecule has 9 nitrogen and oxygen atoms in total. The number of likely N-dealkylation sites (N-methyl/N-ethyl adjacent to an activating group) is 1. The molecule has 0 spiro atoms. The summed E-state index contributed by atoms with van der Waals surface area (Å²) in [6.45, 7) is 17.1. The number of carbonyl (C=O) groups is 3. The predicted octanol–water partition coefficient (Wildman–Crippen LogP) is 27.2. The molecule has 0 saturated carbocycles. The first-order valence-corrected chi connectivity index (χ1v) is 43.9. The summed E-state index contributed by atoms with van der Waals surface area (Å²) in [5, 5.41) is 10.1. The number of nitrogens with zero attached hydrogens (tertiary/aromatic N) is 2. The van der Waals surface area contributed by atoms with Gasteiger partial charge < -0.3 is 24.2 Å². The lowest BCUT2D eigenvalue weighted by Crippen LogP contribution is -2.42. The fourth-order valence-electron chi connectivity index (χ4n) is 13.9. The SMILES string of the molecule is CCCCC/C=C/C/C=C/CCCCCCCCC(CCCCCCCC/C=C/C/C=C/CCCCC)OC(=O)C(CCCCN(CCCCCCC(=O)OC(CCCCCC)CCCCCCCC)CCCCCCC(=O)OC(CCCCCC)CCCCCCCC)N(C)CCO. The highest BCUT2D eigenvalue weighted by Gasteiger charge is 2.27. The maximum absolute atomic E-state index is 14.4. The van der Waals surface area contributed by atoms with Gasteiger partial charge in [-0.3, -0.25) is 19.3 Å². The Hall–Kier alpha value is -2.75. The van der Waals surface area contributed by atoms with Crippen LogP contribution in [0.4, 0.5) is 0 Å². The fraction of sp³-hybridized carbons (Fsp3) is 0.878. The fourth-order valence-corrected chi connectivity index (χ4v) is 13.9. The molecule has 1 N–H and O–H groups in total. The van der Waals surface area contributed by atoms with Crippen LogP contribution in [0, 0.1) is 0 Å². The summed E-state index contributed by atoms with van der Waals surface area (Å²) in [5.41, 5.74) is 0. The van der Waals surface area contributed by atoms with Gasteiger partial charge in [-0.25, -0.2) is 0 Å². The highest BCUT2D eigenvalue weighted by atomic mass is 16.6. The van der Waals surface area contributed by atoms with E-state index >= 15 is 0 Å². The molecule has 0 bridgehead atoms. The molecule has 3 atom stereocenters. The molecule has 0 aromatic carbocycles. The van der Waals surface area contributed by atoms with Gasteiger partial charge in [-0.1, -0.05) is 302 Å². The van der Waals surface area contributed by atoms with E-state index in [9.17, 15) is 19.5 Å². The summed E-state index contributed by atoms with van der Waals surface area (Å²) in [4.78, 5) is 45.6. The van der Waals surface area contributed by atoms with Crippen molar-refractivity contribution in [2.24, 2.45) is 0 Å². The van der Waals surface area contributed by atoms with E-state index in [1.54, 1.807) is 0 Å². The van der Waals surface area contributed by atoms with Crippen LogP contribution in [0.1, 0.15) is 446 Å². The van der Waals surface area contributed by atoms with Gasteiger partial charge in [-0.2, -0.15) is 0 Å². The van der Waals surface area contributed by atoms with E-state index in [4.69, 9.17) is 14.2 Å². The maximum atomic E-state index is 14.4. The largest absolute Gasteiger partial charge is 0.462 e. The van der Waals surface area contributed by atoms with Gasteiger partial charge in [0.1, 0.15) is 24.4 Å². The average molecular weight is 1390 g/mol. The summed E-state index contributed by atoms with van der Waals surface area (Å²) >= 11 is 0. The third kappa shape index (κ3) is 69.4. The van der Waals surface area contributed by atoms with Crippen molar-refractivity contribution in [1.29, 1.82) is 0 Å². The molecule has 0 radical (unpaired) electrons. The molecule has 9 heteroatoms. The lowest BCUT2D eigenvalue weighted by atomic mass is 10.0. The Morgan fingerprint density at radius 2 is 0.545 bits per heavy atom. The standard InChI is InChI=1S/C90H170N2O7/c1-8-14-20-26-30-32-34-36-38-40-42-44-46-48-52-62-74-86(75-63-53-49-47-45-43-41-39-37-35-33-31-27-21-15-9-2)99-90(96)87(91(7)82-83-93)76-66-69-81-92(79-67-56-54-64-77-88(94)97-84(70-58-24-18-12-5)72-60-50-28-22-16-10-3)80-68-57-55-65-78-89(95)98-85(71-59-25-19-13-6)73-61-51-29-23-17-11-4/h30-33,36-39,84-87,93H,8-29,34-35,40-83H2,1-7H3/b32-30+,33-31+,38-36+,39-37+. The van der Waals surface area contributed by atoms with Crippen molar-refractivity contribution in [3.8, 4) is 0 Å². The Labute approximate surface area is 617 Å². The first kappa shape index (κ1) is 96.2. The van der Waals surface area contributed by atoms with Crippen LogP contribution >= 0.6 is 0 Å². The minimum absolute atomic E-state index is 0.00563. The number of hydrogen-bond acceptors (Lipinski definition) is 9. The zero-order valence-corrected chi connectivity index (χ0v) is 67.3. The number of allylic oxidation sites excluding steroid dienone is 8. The maximum Gasteiger partial charge on any atom is 0.323 e. The van der Waals surface area contributed by atoms with Crippen LogP contribution < -0.4 is 0 Å². The number of aliphatic hydroxyl groups is 1. The van der Waals surface area contributed by atoms with E-state index in [0.717, 1.165) is 180 Å². The number of esters is 3. The number of aliphatic hydroxyl groups excluding tert-OH is 1. The van der Waals surface area contributed by atoms with E-state index in [2.05, 4.69) is 95.1 Å². The number of hydrogen-bond donors (Lipinski definition) is 1. The van der Waals surface area contributed by atoms with Gasteiger partial charge in [0, 0.05) is 19.4 Å². The van der Waals surface area contributed by atoms with Crippen LogP contribution in [0.5, 0.6) is 0 Å². The van der Waals surface area contributed by atoms with E-state index in [1.165, 1.54) is 231 Å².